The summed E-state index contributed by atoms with van der Waals surface area (Å²) in [5.74, 6) is -0.354. The zero-order valence-corrected chi connectivity index (χ0v) is 21.1. The van der Waals surface area contributed by atoms with E-state index in [0.717, 1.165) is 28.1 Å². The molecule has 0 spiro atoms. The van der Waals surface area contributed by atoms with Crippen LogP contribution in [0.3, 0.4) is 0 Å². The molecule has 1 aliphatic rings. The maximum atomic E-state index is 13.1. The molecule has 1 fully saturated rings. The number of rotatable bonds is 7. The Hall–Kier alpha value is -4.07. The van der Waals surface area contributed by atoms with Crippen molar-refractivity contribution < 1.29 is 19.1 Å². The second kappa shape index (κ2) is 10.9. The monoisotopic (exact) mass is 528 g/mol. The van der Waals surface area contributed by atoms with E-state index in [0.29, 0.717) is 22.0 Å². The molecule has 4 aromatic rings. The maximum absolute atomic E-state index is 13.1. The topological polar surface area (TPSA) is 75.7 Å². The number of amides is 3. The fraction of sp³-hybridized carbons (Fsp3) is 0.0690. The Balaban J connectivity index is 1.31. The van der Waals surface area contributed by atoms with Crippen LogP contribution < -0.4 is 10.1 Å². The highest BCUT2D eigenvalue weighted by atomic mass is 35.5. The Labute approximate surface area is 222 Å². The number of nitrogens with zero attached hydrogens (tertiary/aromatic N) is 1. The van der Waals surface area contributed by atoms with Crippen LogP contribution in [-0.4, -0.2) is 28.6 Å². The lowest BCUT2D eigenvalue weighted by molar-refractivity contribution is -0.123. The Morgan fingerprint density at radius 3 is 2.49 bits per heavy atom. The number of hydrogen-bond donors (Lipinski definition) is 1. The Bertz CT molecular complexity index is 1540. The van der Waals surface area contributed by atoms with Gasteiger partial charge in [0.2, 0.25) is 0 Å². The van der Waals surface area contributed by atoms with E-state index in [-0.39, 0.29) is 29.2 Å². The lowest BCUT2D eigenvalue weighted by atomic mass is 10.1. The van der Waals surface area contributed by atoms with Crippen molar-refractivity contribution in [3.63, 3.8) is 0 Å². The standard InChI is InChI=1S/C29H21ClN2O4S/c30-23-12-13-25(36-18-27(33)31-24-8-2-1-3-9-24)22(15-23)16-26-28(34)32(29(35)37-26)17-19-10-11-20-6-4-5-7-21(20)14-19/h1-16H,17-18H2,(H,31,33)/b26-16-. The zero-order valence-electron chi connectivity index (χ0n) is 19.5. The second-order valence-electron chi connectivity index (χ2n) is 8.33. The van der Waals surface area contributed by atoms with Crippen molar-refractivity contribution in [2.24, 2.45) is 0 Å². The van der Waals surface area contributed by atoms with Gasteiger partial charge in [0.25, 0.3) is 17.1 Å². The van der Waals surface area contributed by atoms with E-state index in [9.17, 15) is 14.4 Å². The van der Waals surface area contributed by atoms with Gasteiger partial charge in [-0.2, -0.15) is 0 Å². The molecule has 0 bridgehead atoms. The van der Waals surface area contributed by atoms with Gasteiger partial charge in [0.1, 0.15) is 5.75 Å². The third kappa shape index (κ3) is 5.85. The smallest absolute Gasteiger partial charge is 0.293 e. The molecule has 0 aromatic heterocycles. The van der Waals surface area contributed by atoms with Crippen LogP contribution in [0.5, 0.6) is 5.75 Å². The maximum Gasteiger partial charge on any atom is 0.293 e. The number of imide groups is 1. The highest BCUT2D eigenvalue weighted by Crippen LogP contribution is 2.36. The Morgan fingerprint density at radius 1 is 0.919 bits per heavy atom. The molecule has 1 N–H and O–H groups in total. The van der Waals surface area contributed by atoms with Crippen LogP contribution in [-0.2, 0) is 16.1 Å². The van der Waals surface area contributed by atoms with Gasteiger partial charge in [0.05, 0.1) is 11.4 Å². The number of carbonyl (C=O) groups excluding carboxylic acids is 3. The molecule has 0 atom stereocenters. The number of para-hydroxylation sites is 1. The van der Waals surface area contributed by atoms with Crippen molar-refractivity contribution in [3.05, 3.63) is 112 Å². The SMILES string of the molecule is O=C(COc1ccc(Cl)cc1/C=C1\SC(=O)N(Cc2ccc3ccccc3c2)C1=O)Nc1ccccc1. The number of nitrogens with one attached hydrogen (secondary N) is 1. The quantitative estimate of drug-likeness (QED) is 0.269. The Kier molecular flexibility index (Phi) is 7.25. The number of ether oxygens (including phenoxy) is 1. The van der Waals surface area contributed by atoms with Crippen molar-refractivity contribution in [1.82, 2.24) is 4.90 Å². The molecule has 5 rings (SSSR count). The third-order valence-electron chi connectivity index (χ3n) is 5.70. The third-order valence-corrected chi connectivity index (χ3v) is 6.85. The average molecular weight is 529 g/mol. The fourth-order valence-electron chi connectivity index (χ4n) is 3.92. The van der Waals surface area contributed by atoms with Crippen molar-refractivity contribution in [3.8, 4) is 5.75 Å². The van der Waals surface area contributed by atoms with Gasteiger partial charge >= 0.3 is 0 Å². The summed E-state index contributed by atoms with van der Waals surface area (Å²) in [4.78, 5) is 39.6. The van der Waals surface area contributed by atoms with E-state index in [1.54, 1.807) is 36.4 Å². The predicted octanol–water partition coefficient (Wildman–Crippen LogP) is 6.75. The van der Waals surface area contributed by atoms with Crippen LogP contribution in [0.15, 0.2) is 95.9 Å². The lowest BCUT2D eigenvalue weighted by Gasteiger charge is -2.13. The predicted molar refractivity (Wildman–Crippen MR) is 147 cm³/mol. The first-order valence-electron chi connectivity index (χ1n) is 11.5. The average Bonchev–Trinajstić information content (AvgIpc) is 3.16. The molecule has 0 aliphatic carbocycles. The van der Waals surface area contributed by atoms with Crippen molar-refractivity contribution in [2.75, 3.05) is 11.9 Å². The molecule has 8 heteroatoms. The first-order valence-corrected chi connectivity index (χ1v) is 12.7. The van der Waals surface area contributed by atoms with Gasteiger partial charge < -0.3 is 10.1 Å². The highest BCUT2D eigenvalue weighted by Gasteiger charge is 2.35. The van der Waals surface area contributed by atoms with Crippen LogP contribution in [0, 0.1) is 0 Å². The number of thioether (sulfide) groups is 1. The molecule has 37 heavy (non-hydrogen) atoms. The van der Waals surface area contributed by atoms with Crippen LogP contribution in [0.2, 0.25) is 5.02 Å². The molecule has 1 heterocycles. The van der Waals surface area contributed by atoms with Gasteiger partial charge in [0.15, 0.2) is 6.61 Å². The molecular weight excluding hydrogens is 508 g/mol. The van der Waals surface area contributed by atoms with Gasteiger partial charge in [0, 0.05) is 16.3 Å². The van der Waals surface area contributed by atoms with Gasteiger partial charge in [-0.1, -0.05) is 66.2 Å². The van der Waals surface area contributed by atoms with Crippen LogP contribution >= 0.6 is 23.4 Å². The number of hydrogen-bond acceptors (Lipinski definition) is 5. The van der Waals surface area contributed by atoms with Crippen LogP contribution in [0.25, 0.3) is 16.8 Å². The summed E-state index contributed by atoms with van der Waals surface area (Å²) in [5, 5.41) is 4.97. The lowest BCUT2D eigenvalue weighted by Crippen LogP contribution is -2.27. The number of anilines is 1. The van der Waals surface area contributed by atoms with Crippen molar-refractivity contribution >= 4 is 63.0 Å². The van der Waals surface area contributed by atoms with Gasteiger partial charge in [-0.3, -0.25) is 19.3 Å². The summed E-state index contributed by atoms with van der Waals surface area (Å²) in [5.41, 5.74) is 2.02. The molecule has 4 aromatic carbocycles. The molecule has 6 nitrogen and oxygen atoms in total. The van der Waals surface area contributed by atoms with E-state index in [2.05, 4.69) is 5.32 Å². The largest absolute Gasteiger partial charge is 0.483 e. The highest BCUT2D eigenvalue weighted by molar-refractivity contribution is 8.18. The minimum absolute atomic E-state index is 0.172. The molecule has 0 radical (unpaired) electrons. The molecule has 1 saturated heterocycles. The molecule has 1 aliphatic heterocycles. The summed E-state index contributed by atoms with van der Waals surface area (Å²) < 4.78 is 5.73. The molecular formula is C29H21ClN2O4S. The van der Waals surface area contributed by atoms with Gasteiger partial charge in [-0.25, -0.2) is 0 Å². The summed E-state index contributed by atoms with van der Waals surface area (Å²) in [7, 11) is 0. The van der Waals surface area contributed by atoms with E-state index in [1.807, 2.05) is 60.7 Å². The normalized spacial score (nSPS) is 14.4. The summed E-state index contributed by atoms with van der Waals surface area (Å²) >= 11 is 7.05. The second-order valence-corrected chi connectivity index (χ2v) is 9.76. The van der Waals surface area contributed by atoms with Gasteiger partial charge in [-0.15, -0.1) is 0 Å². The number of halogens is 1. The van der Waals surface area contributed by atoms with Gasteiger partial charge in [-0.05, 0) is 70.6 Å². The molecule has 3 amide bonds. The van der Waals surface area contributed by atoms with E-state index in [1.165, 1.54) is 4.90 Å². The summed E-state index contributed by atoms with van der Waals surface area (Å²) in [6.45, 7) is -0.0633. The van der Waals surface area contributed by atoms with Crippen LogP contribution in [0.1, 0.15) is 11.1 Å². The molecule has 184 valence electrons. The first-order chi connectivity index (χ1) is 18.0. The van der Waals surface area contributed by atoms with Crippen LogP contribution in [0.4, 0.5) is 10.5 Å². The van der Waals surface area contributed by atoms with E-state index >= 15 is 0 Å². The minimum atomic E-state index is -0.393. The first kappa shape index (κ1) is 24.6. The van der Waals surface area contributed by atoms with E-state index in [4.69, 9.17) is 16.3 Å². The summed E-state index contributed by atoms with van der Waals surface area (Å²) in [6.07, 6.45) is 1.57. The molecule has 0 saturated carbocycles. The summed E-state index contributed by atoms with van der Waals surface area (Å²) in [6, 6.07) is 27.7. The Morgan fingerprint density at radius 2 is 1.68 bits per heavy atom. The number of benzene rings is 4. The number of fused-ring (bicyclic) bond motifs is 1. The fourth-order valence-corrected chi connectivity index (χ4v) is 4.93. The number of carbonyl (C=O) groups is 3. The van der Waals surface area contributed by atoms with E-state index < -0.39 is 5.91 Å². The zero-order chi connectivity index (χ0) is 25.8. The molecule has 0 unspecified atom stereocenters. The van der Waals surface area contributed by atoms with Crippen molar-refractivity contribution in [2.45, 2.75) is 6.54 Å². The minimum Gasteiger partial charge on any atom is -0.483 e. The van der Waals surface area contributed by atoms with Crippen molar-refractivity contribution in [1.29, 1.82) is 0 Å².